The Morgan fingerprint density at radius 1 is 1.33 bits per heavy atom. The van der Waals surface area contributed by atoms with Crippen LogP contribution in [0.5, 0.6) is 0 Å². The molecule has 2 rings (SSSR count). The molecule has 12 heteroatoms. The van der Waals surface area contributed by atoms with E-state index >= 15 is 0 Å². The second-order valence-electron chi connectivity index (χ2n) is 6.69. The Kier molecular flexibility index (Phi) is 6.92. The number of thiophene rings is 1. The Balaban J connectivity index is 2.28. The lowest BCUT2D eigenvalue weighted by atomic mass is 10.1. The summed E-state index contributed by atoms with van der Waals surface area (Å²) in [4.78, 5) is 47.5. The van der Waals surface area contributed by atoms with Crippen molar-refractivity contribution in [1.29, 1.82) is 0 Å². The van der Waals surface area contributed by atoms with Crippen molar-refractivity contribution < 1.29 is 24.0 Å². The summed E-state index contributed by atoms with van der Waals surface area (Å²) in [7, 11) is 0. The smallest absolute Gasteiger partial charge is 0.341 e. The molecule has 0 saturated heterocycles. The van der Waals surface area contributed by atoms with Crippen molar-refractivity contribution in [2.45, 2.75) is 41.2 Å². The molecule has 3 N–H and O–H groups in total. The Bertz CT molecular complexity index is 1020. The van der Waals surface area contributed by atoms with Crippen LogP contribution in [0.1, 0.15) is 50.8 Å². The number of esters is 1. The number of nitrogens with one attached hydrogen (secondary N) is 1. The van der Waals surface area contributed by atoms with Crippen molar-refractivity contribution in [2.75, 3.05) is 11.9 Å². The van der Waals surface area contributed by atoms with Gasteiger partial charge in [0.25, 0.3) is 5.91 Å². The molecule has 162 valence electrons. The lowest BCUT2D eigenvalue weighted by Gasteiger charge is -2.13. The second kappa shape index (κ2) is 9.03. The molecule has 0 aliphatic heterocycles. The Morgan fingerprint density at radius 2 is 1.97 bits per heavy atom. The van der Waals surface area contributed by atoms with Crippen LogP contribution in [0.3, 0.4) is 0 Å². The zero-order valence-corrected chi connectivity index (χ0v) is 18.1. The van der Waals surface area contributed by atoms with Crippen LogP contribution in [0.2, 0.25) is 0 Å². The fraction of sp³-hybridized carbons (Fsp3) is 0.444. The minimum atomic E-state index is -0.716. The summed E-state index contributed by atoms with van der Waals surface area (Å²) in [6.45, 7) is 8.12. The zero-order chi connectivity index (χ0) is 22.7. The molecule has 0 aliphatic rings. The summed E-state index contributed by atoms with van der Waals surface area (Å²) in [5, 5.41) is 18.1. The van der Waals surface area contributed by atoms with Crippen molar-refractivity contribution in [3.05, 3.63) is 37.5 Å². The van der Waals surface area contributed by atoms with Crippen LogP contribution in [0, 0.1) is 36.8 Å². The maximum atomic E-state index is 12.7. The third-order valence-electron chi connectivity index (χ3n) is 4.51. The minimum Gasteiger partial charge on any atom is -0.462 e. The van der Waals surface area contributed by atoms with Crippen LogP contribution in [0.4, 0.5) is 10.7 Å². The molecule has 0 fully saturated rings. The van der Waals surface area contributed by atoms with E-state index in [0.29, 0.717) is 11.3 Å². The number of nitrogens with two attached hydrogens (primary N) is 1. The number of carbonyl (C=O) groups is 3. The van der Waals surface area contributed by atoms with Crippen molar-refractivity contribution >= 4 is 39.8 Å². The van der Waals surface area contributed by atoms with E-state index in [1.54, 1.807) is 27.7 Å². The van der Waals surface area contributed by atoms with E-state index in [4.69, 9.17) is 10.5 Å². The number of aromatic nitrogens is 2. The van der Waals surface area contributed by atoms with Gasteiger partial charge in [-0.15, -0.1) is 11.3 Å². The normalized spacial score (nSPS) is 11.8. The van der Waals surface area contributed by atoms with Gasteiger partial charge in [0.15, 0.2) is 0 Å². The number of anilines is 1. The quantitative estimate of drug-likeness (QED) is 0.364. The van der Waals surface area contributed by atoms with Crippen LogP contribution in [-0.2, 0) is 16.1 Å². The number of rotatable bonds is 8. The first kappa shape index (κ1) is 23.0. The SMILES string of the molecule is CCOC(=O)c1c(NC(=O)C(C)Cn2nc(C)c([N+](=O)[O-])c2C)sc(C(N)=O)c1C. The highest BCUT2D eigenvalue weighted by Crippen LogP contribution is 2.34. The third-order valence-corrected chi connectivity index (χ3v) is 5.73. The second-order valence-corrected chi connectivity index (χ2v) is 7.71. The molecule has 1 atom stereocenters. The summed E-state index contributed by atoms with van der Waals surface area (Å²) < 4.78 is 6.42. The van der Waals surface area contributed by atoms with Crippen molar-refractivity contribution in [2.24, 2.45) is 11.7 Å². The zero-order valence-electron chi connectivity index (χ0n) is 17.3. The number of nitrogens with zero attached hydrogens (tertiary/aromatic N) is 3. The summed E-state index contributed by atoms with van der Waals surface area (Å²) in [5.41, 5.74) is 6.29. The monoisotopic (exact) mass is 437 g/mol. The Morgan fingerprint density at radius 3 is 2.47 bits per heavy atom. The van der Waals surface area contributed by atoms with E-state index < -0.39 is 28.6 Å². The number of nitro groups is 1. The summed E-state index contributed by atoms with van der Waals surface area (Å²) in [6.07, 6.45) is 0. The van der Waals surface area contributed by atoms with E-state index in [1.165, 1.54) is 11.6 Å². The molecule has 30 heavy (non-hydrogen) atoms. The van der Waals surface area contributed by atoms with Crippen LogP contribution >= 0.6 is 11.3 Å². The van der Waals surface area contributed by atoms with E-state index in [-0.39, 0.29) is 40.0 Å². The molecule has 0 bridgehead atoms. The van der Waals surface area contributed by atoms with E-state index in [1.807, 2.05) is 0 Å². The largest absolute Gasteiger partial charge is 0.462 e. The van der Waals surface area contributed by atoms with Gasteiger partial charge in [-0.2, -0.15) is 5.10 Å². The number of aryl methyl sites for hydroxylation is 1. The standard InChI is InChI=1S/C18H23N5O6S/c1-6-29-18(26)12-9(3)14(15(19)24)30-17(12)20-16(25)8(2)7-22-11(5)13(23(27)28)10(4)21-22/h8H,6-7H2,1-5H3,(H2,19,24)(H,20,25). The van der Waals surface area contributed by atoms with Crippen LogP contribution in [0.15, 0.2) is 0 Å². The van der Waals surface area contributed by atoms with Crippen molar-refractivity contribution in [3.63, 3.8) is 0 Å². The summed E-state index contributed by atoms with van der Waals surface area (Å²) in [6, 6.07) is 0. The predicted molar refractivity (Wildman–Crippen MR) is 110 cm³/mol. The topological polar surface area (TPSA) is 159 Å². The molecular formula is C18H23N5O6S. The predicted octanol–water partition coefficient (Wildman–Crippen LogP) is 2.33. The average Bonchev–Trinajstić information content (AvgIpc) is 3.11. The Labute approximate surface area is 176 Å². The first-order valence-electron chi connectivity index (χ1n) is 9.09. The molecule has 2 aromatic rings. The average molecular weight is 437 g/mol. The van der Waals surface area contributed by atoms with E-state index in [0.717, 1.165) is 11.3 Å². The fourth-order valence-corrected chi connectivity index (χ4v) is 4.04. The van der Waals surface area contributed by atoms with Crippen molar-refractivity contribution in [1.82, 2.24) is 9.78 Å². The number of hydrogen-bond acceptors (Lipinski definition) is 8. The maximum absolute atomic E-state index is 12.7. The van der Waals surface area contributed by atoms with Gasteiger partial charge in [-0.1, -0.05) is 6.92 Å². The summed E-state index contributed by atoms with van der Waals surface area (Å²) in [5.74, 6) is -2.48. The molecule has 2 heterocycles. The highest BCUT2D eigenvalue weighted by atomic mass is 32.1. The third kappa shape index (κ3) is 4.48. The fourth-order valence-electron chi connectivity index (χ4n) is 2.99. The molecule has 2 aromatic heterocycles. The van der Waals surface area contributed by atoms with Gasteiger partial charge in [0.2, 0.25) is 5.91 Å². The molecule has 1 unspecified atom stereocenters. The number of ether oxygens (including phenoxy) is 1. The molecule has 0 saturated carbocycles. The molecule has 0 spiro atoms. The first-order valence-corrected chi connectivity index (χ1v) is 9.90. The van der Waals surface area contributed by atoms with Gasteiger partial charge in [0, 0.05) is 0 Å². The molecule has 11 nitrogen and oxygen atoms in total. The van der Waals surface area contributed by atoms with Crippen LogP contribution < -0.4 is 11.1 Å². The van der Waals surface area contributed by atoms with Gasteiger partial charge in [-0.25, -0.2) is 4.79 Å². The van der Waals surface area contributed by atoms with E-state index in [2.05, 4.69) is 10.4 Å². The lowest BCUT2D eigenvalue weighted by Crippen LogP contribution is -2.25. The molecule has 0 aromatic carbocycles. The number of primary amides is 1. The Hall–Kier alpha value is -3.28. The van der Waals surface area contributed by atoms with Gasteiger partial charge in [0.1, 0.15) is 16.4 Å². The highest BCUT2D eigenvalue weighted by molar-refractivity contribution is 7.18. The molecule has 2 amide bonds. The maximum Gasteiger partial charge on any atom is 0.341 e. The van der Waals surface area contributed by atoms with Crippen LogP contribution in [-0.4, -0.2) is 39.1 Å². The van der Waals surface area contributed by atoms with Gasteiger partial charge in [0.05, 0.1) is 34.4 Å². The number of hydrogen-bond donors (Lipinski definition) is 2. The van der Waals surface area contributed by atoms with Gasteiger partial charge >= 0.3 is 11.7 Å². The lowest BCUT2D eigenvalue weighted by molar-refractivity contribution is -0.386. The van der Waals surface area contributed by atoms with E-state index in [9.17, 15) is 24.5 Å². The van der Waals surface area contributed by atoms with Gasteiger partial charge in [-0.05, 0) is 33.3 Å². The molecular weight excluding hydrogens is 414 g/mol. The summed E-state index contributed by atoms with van der Waals surface area (Å²) >= 11 is 0.895. The van der Waals surface area contributed by atoms with Gasteiger partial charge in [-0.3, -0.25) is 24.4 Å². The molecule has 0 radical (unpaired) electrons. The van der Waals surface area contributed by atoms with Crippen molar-refractivity contribution in [3.8, 4) is 0 Å². The molecule has 0 aliphatic carbocycles. The van der Waals surface area contributed by atoms with Crippen LogP contribution in [0.25, 0.3) is 0 Å². The van der Waals surface area contributed by atoms with Gasteiger partial charge < -0.3 is 15.8 Å². The minimum absolute atomic E-state index is 0.0814. The number of amides is 2. The first-order chi connectivity index (χ1) is 14.0. The number of carbonyl (C=O) groups excluding carboxylic acids is 3. The highest BCUT2D eigenvalue weighted by Gasteiger charge is 2.28.